The molecule has 0 aromatic heterocycles. The summed E-state index contributed by atoms with van der Waals surface area (Å²) in [6.45, 7) is 0.542. The smallest absolute Gasteiger partial charge is 0.186 e. The summed E-state index contributed by atoms with van der Waals surface area (Å²) in [5.41, 5.74) is 3.13. The Balaban J connectivity index is 1.78. The molecule has 2 aliphatic rings. The number of aliphatic hydroxyl groups excluding tert-OH is 3. The SMILES string of the molecule is COCC1Cc2cc(OC)c(OC)cc2C(c2ccc(OC)c(OC)c2)C1COC1OCC(O)C(O)C1O. The quantitative estimate of drug-likeness (QED) is 0.415. The van der Waals surface area contributed by atoms with E-state index in [9.17, 15) is 15.3 Å². The minimum atomic E-state index is -1.38. The van der Waals surface area contributed by atoms with Crippen molar-refractivity contribution in [3.63, 3.8) is 0 Å². The van der Waals surface area contributed by atoms with Crippen molar-refractivity contribution < 1.29 is 48.5 Å². The van der Waals surface area contributed by atoms with Gasteiger partial charge in [-0.15, -0.1) is 0 Å². The fourth-order valence-corrected chi connectivity index (χ4v) is 5.57. The molecule has 2 aromatic rings. The molecule has 0 saturated carbocycles. The maximum Gasteiger partial charge on any atom is 0.186 e. The number of fused-ring (bicyclic) bond motifs is 1. The third-order valence-corrected chi connectivity index (χ3v) is 7.55. The molecule has 1 aliphatic carbocycles. The van der Waals surface area contributed by atoms with Crippen molar-refractivity contribution in [3.05, 3.63) is 47.0 Å². The average Bonchev–Trinajstić information content (AvgIpc) is 2.94. The number of benzene rings is 2. The molecule has 0 spiro atoms. The van der Waals surface area contributed by atoms with Crippen LogP contribution in [0.15, 0.2) is 30.3 Å². The second-order valence-corrected chi connectivity index (χ2v) is 9.67. The number of rotatable bonds is 10. The van der Waals surface area contributed by atoms with Crippen LogP contribution >= 0.6 is 0 Å². The molecule has 1 fully saturated rings. The van der Waals surface area contributed by atoms with Crippen LogP contribution in [0.2, 0.25) is 0 Å². The fraction of sp³-hybridized carbons (Fsp3) is 0.571. The minimum Gasteiger partial charge on any atom is -0.493 e. The van der Waals surface area contributed by atoms with Crippen LogP contribution in [-0.4, -0.2) is 95.3 Å². The first kappa shape index (κ1) is 28.4. The van der Waals surface area contributed by atoms with Gasteiger partial charge in [-0.05, 0) is 59.2 Å². The summed E-state index contributed by atoms with van der Waals surface area (Å²) in [7, 11) is 8.08. The topological polar surface area (TPSA) is 125 Å². The molecule has 38 heavy (non-hydrogen) atoms. The minimum absolute atomic E-state index is 0.0416. The van der Waals surface area contributed by atoms with E-state index in [-0.39, 0.29) is 31.0 Å². The predicted octanol–water partition coefficient (Wildman–Crippen LogP) is 1.74. The van der Waals surface area contributed by atoms with E-state index in [1.54, 1.807) is 35.5 Å². The van der Waals surface area contributed by atoms with Crippen molar-refractivity contribution in [2.45, 2.75) is 36.9 Å². The van der Waals surface area contributed by atoms with E-state index in [4.69, 9.17) is 33.2 Å². The normalized spacial score (nSPS) is 28.9. The van der Waals surface area contributed by atoms with E-state index in [2.05, 4.69) is 0 Å². The molecule has 1 heterocycles. The lowest BCUT2D eigenvalue weighted by atomic mass is 9.66. The van der Waals surface area contributed by atoms with Gasteiger partial charge in [-0.1, -0.05) is 6.07 Å². The van der Waals surface area contributed by atoms with E-state index in [0.29, 0.717) is 36.0 Å². The highest BCUT2D eigenvalue weighted by Crippen LogP contribution is 2.48. The zero-order valence-electron chi connectivity index (χ0n) is 22.5. The van der Waals surface area contributed by atoms with Gasteiger partial charge in [0, 0.05) is 19.6 Å². The number of hydrogen-bond acceptors (Lipinski definition) is 10. The molecule has 210 valence electrons. The maximum absolute atomic E-state index is 10.5. The van der Waals surface area contributed by atoms with Gasteiger partial charge in [0.1, 0.15) is 18.3 Å². The van der Waals surface area contributed by atoms with Crippen LogP contribution < -0.4 is 18.9 Å². The summed E-state index contributed by atoms with van der Waals surface area (Å²) < 4.78 is 39.5. The van der Waals surface area contributed by atoms with Crippen LogP contribution in [0.25, 0.3) is 0 Å². The van der Waals surface area contributed by atoms with Gasteiger partial charge >= 0.3 is 0 Å². The summed E-state index contributed by atoms with van der Waals surface area (Å²) in [5.74, 6) is 2.24. The molecule has 1 aliphatic heterocycles. The van der Waals surface area contributed by atoms with Crippen molar-refractivity contribution in [1.82, 2.24) is 0 Å². The van der Waals surface area contributed by atoms with Crippen LogP contribution in [0, 0.1) is 11.8 Å². The molecule has 2 aromatic carbocycles. The molecule has 10 heteroatoms. The fourth-order valence-electron chi connectivity index (χ4n) is 5.57. The summed E-state index contributed by atoms with van der Waals surface area (Å²) in [6, 6.07) is 9.84. The number of ether oxygens (including phenoxy) is 7. The molecule has 0 bridgehead atoms. The van der Waals surface area contributed by atoms with Gasteiger partial charge in [0.15, 0.2) is 29.3 Å². The predicted molar refractivity (Wildman–Crippen MR) is 137 cm³/mol. The summed E-state index contributed by atoms with van der Waals surface area (Å²) in [4.78, 5) is 0. The summed E-state index contributed by atoms with van der Waals surface area (Å²) in [5, 5.41) is 30.4. The highest BCUT2D eigenvalue weighted by molar-refractivity contribution is 5.54. The Morgan fingerprint density at radius 3 is 2.11 bits per heavy atom. The lowest BCUT2D eigenvalue weighted by Gasteiger charge is -2.42. The molecule has 1 saturated heterocycles. The van der Waals surface area contributed by atoms with Crippen LogP contribution in [-0.2, 0) is 20.6 Å². The monoisotopic (exact) mass is 534 g/mol. The highest BCUT2D eigenvalue weighted by Gasteiger charge is 2.42. The Morgan fingerprint density at radius 1 is 0.789 bits per heavy atom. The summed E-state index contributed by atoms with van der Waals surface area (Å²) >= 11 is 0. The number of methoxy groups -OCH3 is 5. The Hall–Kier alpha value is -2.60. The molecule has 3 N–H and O–H groups in total. The molecule has 7 atom stereocenters. The van der Waals surface area contributed by atoms with Gasteiger partial charge in [-0.25, -0.2) is 0 Å². The third-order valence-electron chi connectivity index (χ3n) is 7.55. The van der Waals surface area contributed by atoms with Crippen LogP contribution in [0.1, 0.15) is 22.6 Å². The second kappa shape index (κ2) is 12.5. The van der Waals surface area contributed by atoms with E-state index in [1.807, 2.05) is 30.3 Å². The van der Waals surface area contributed by atoms with Crippen LogP contribution in [0.5, 0.6) is 23.0 Å². The lowest BCUT2D eigenvalue weighted by molar-refractivity contribution is -0.274. The molecular weight excluding hydrogens is 496 g/mol. The van der Waals surface area contributed by atoms with Crippen molar-refractivity contribution >= 4 is 0 Å². The first-order chi connectivity index (χ1) is 18.4. The average molecular weight is 535 g/mol. The van der Waals surface area contributed by atoms with E-state index >= 15 is 0 Å². The molecule has 0 radical (unpaired) electrons. The first-order valence-corrected chi connectivity index (χ1v) is 12.6. The molecule has 7 unspecified atom stereocenters. The third kappa shape index (κ3) is 5.56. The second-order valence-electron chi connectivity index (χ2n) is 9.67. The first-order valence-electron chi connectivity index (χ1n) is 12.6. The van der Waals surface area contributed by atoms with Crippen molar-refractivity contribution in [1.29, 1.82) is 0 Å². The van der Waals surface area contributed by atoms with E-state index in [0.717, 1.165) is 16.7 Å². The van der Waals surface area contributed by atoms with Crippen molar-refractivity contribution in [2.24, 2.45) is 11.8 Å². The van der Waals surface area contributed by atoms with Gasteiger partial charge < -0.3 is 48.5 Å². The van der Waals surface area contributed by atoms with Gasteiger partial charge in [0.25, 0.3) is 0 Å². The van der Waals surface area contributed by atoms with Gasteiger partial charge in [0.2, 0.25) is 0 Å². The Labute approximate surface area is 222 Å². The molecular formula is C28H38O10. The van der Waals surface area contributed by atoms with Gasteiger partial charge in [0.05, 0.1) is 41.7 Å². The zero-order chi connectivity index (χ0) is 27.4. The summed E-state index contributed by atoms with van der Waals surface area (Å²) in [6.07, 6.45) is -4.27. The highest BCUT2D eigenvalue weighted by atomic mass is 16.7. The molecule has 10 nitrogen and oxygen atoms in total. The molecule has 0 amide bonds. The van der Waals surface area contributed by atoms with Crippen molar-refractivity contribution in [2.75, 3.05) is 55.4 Å². The Kier molecular flexibility index (Phi) is 9.35. The Morgan fingerprint density at radius 2 is 1.45 bits per heavy atom. The largest absolute Gasteiger partial charge is 0.493 e. The van der Waals surface area contributed by atoms with Gasteiger partial charge in [-0.3, -0.25) is 0 Å². The van der Waals surface area contributed by atoms with E-state index < -0.39 is 24.6 Å². The zero-order valence-corrected chi connectivity index (χ0v) is 22.5. The van der Waals surface area contributed by atoms with Crippen LogP contribution in [0.4, 0.5) is 0 Å². The maximum atomic E-state index is 10.5. The van der Waals surface area contributed by atoms with Crippen LogP contribution in [0.3, 0.4) is 0 Å². The van der Waals surface area contributed by atoms with E-state index in [1.165, 1.54) is 0 Å². The van der Waals surface area contributed by atoms with Gasteiger partial charge in [-0.2, -0.15) is 0 Å². The number of hydrogen-bond donors (Lipinski definition) is 3. The molecule has 4 rings (SSSR count). The number of aliphatic hydroxyl groups is 3. The standard InChI is InChI=1S/C28H38O10/c1-32-12-17-8-16-10-23(35-4)24(36-5)11-18(16)25(15-6-7-21(33-2)22(9-15)34-3)19(17)13-37-28-27(31)26(30)20(29)14-38-28/h6-7,9-11,17,19-20,25-31H,8,12-14H2,1-5H3. The van der Waals surface area contributed by atoms with Crippen molar-refractivity contribution in [3.8, 4) is 23.0 Å². The Bertz CT molecular complexity index is 1080. The lowest BCUT2D eigenvalue weighted by Crippen LogP contribution is -2.54.